The van der Waals surface area contributed by atoms with Crippen LogP contribution in [0.2, 0.25) is 0 Å². The molecule has 178 valence electrons. The molecule has 0 amide bonds. The zero-order valence-corrected chi connectivity index (χ0v) is 19.8. The number of esters is 2. The standard InChI is InChI=1S/C25H32N2O6/c1-6-23-10-7-12-27-13-11-24(19(23)27)17-9-8-16(31-4)14-18(17)26(3)20(24)25(30,22(29)32-5)21(23)33-15(2)28/h7-10,14,19-21,30H,6,11-13H2,1-5H3/t19?,20-,21-,23-,24?,25+/m1/s1. The minimum Gasteiger partial charge on any atom is -0.497 e. The van der Waals surface area contributed by atoms with Crippen molar-refractivity contribution in [1.29, 1.82) is 0 Å². The first-order valence-corrected chi connectivity index (χ1v) is 11.5. The monoisotopic (exact) mass is 456 g/mol. The average molecular weight is 457 g/mol. The van der Waals surface area contributed by atoms with E-state index in [9.17, 15) is 14.7 Å². The van der Waals surface area contributed by atoms with Crippen molar-refractivity contribution >= 4 is 17.6 Å². The number of fused-ring (bicyclic) bond motifs is 1. The first kappa shape index (κ1) is 22.2. The van der Waals surface area contributed by atoms with Crippen LogP contribution in [0.25, 0.3) is 0 Å². The maximum atomic E-state index is 13.5. The Bertz CT molecular complexity index is 1040. The summed E-state index contributed by atoms with van der Waals surface area (Å²) in [5.74, 6) is -0.617. The molecular formula is C25H32N2O6. The fourth-order valence-corrected chi connectivity index (χ4v) is 7.68. The van der Waals surface area contributed by atoms with E-state index in [4.69, 9.17) is 14.2 Å². The highest BCUT2D eigenvalue weighted by Gasteiger charge is 2.80. The van der Waals surface area contributed by atoms with E-state index in [1.807, 2.05) is 31.0 Å². The number of anilines is 1. The molecule has 0 radical (unpaired) electrons. The van der Waals surface area contributed by atoms with Gasteiger partial charge >= 0.3 is 11.9 Å². The van der Waals surface area contributed by atoms with Gasteiger partial charge in [-0.05, 0) is 31.0 Å². The molecule has 4 aliphatic rings. The molecule has 3 aliphatic heterocycles. The smallest absolute Gasteiger partial charge is 0.344 e. The van der Waals surface area contributed by atoms with Crippen molar-refractivity contribution in [2.45, 2.75) is 55.9 Å². The van der Waals surface area contributed by atoms with E-state index in [0.29, 0.717) is 12.2 Å². The Kier molecular flexibility index (Phi) is 4.85. The Hall–Kier alpha value is -2.58. The van der Waals surface area contributed by atoms with Gasteiger partial charge in [0.05, 0.1) is 20.3 Å². The van der Waals surface area contributed by atoms with Crippen LogP contribution in [0, 0.1) is 5.41 Å². The molecular weight excluding hydrogens is 424 g/mol. The molecule has 1 aromatic rings. The van der Waals surface area contributed by atoms with E-state index in [0.717, 1.165) is 30.8 Å². The lowest BCUT2D eigenvalue weighted by Crippen LogP contribution is -2.81. The summed E-state index contributed by atoms with van der Waals surface area (Å²) in [6.07, 6.45) is 4.40. The van der Waals surface area contributed by atoms with Crippen molar-refractivity contribution in [2.75, 3.05) is 39.3 Å². The first-order valence-electron chi connectivity index (χ1n) is 11.5. The van der Waals surface area contributed by atoms with Crippen molar-refractivity contribution in [1.82, 2.24) is 4.90 Å². The van der Waals surface area contributed by atoms with Crippen molar-refractivity contribution < 1.29 is 28.9 Å². The van der Waals surface area contributed by atoms with E-state index < -0.39 is 40.5 Å². The summed E-state index contributed by atoms with van der Waals surface area (Å²) in [5.41, 5.74) is -1.41. The molecule has 1 aliphatic carbocycles. The number of likely N-dealkylation sites (N-methyl/N-ethyl adjacent to an activating group) is 1. The molecule has 0 bridgehead atoms. The van der Waals surface area contributed by atoms with Crippen molar-refractivity contribution in [2.24, 2.45) is 5.41 Å². The number of nitrogens with zero attached hydrogens (tertiary/aromatic N) is 2. The Morgan fingerprint density at radius 3 is 2.64 bits per heavy atom. The Labute approximate surface area is 194 Å². The molecule has 1 spiro atoms. The van der Waals surface area contributed by atoms with Crippen LogP contribution >= 0.6 is 0 Å². The number of hydrogen-bond acceptors (Lipinski definition) is 8. The Balaban J connectivity index is 1.86. The number of hydrogen-bond donors (Lipinski definition) is 1. The first-order chi connectivity index (χ1) is 15.7. The number of ether oxygens (including phenoxy) is 3. The van der Waals surface area contributed by atoms with Gasteiger partial charge in [0.1, 0.15) is 5.75 Å². The minimum absolute atomic E-state index is 0.0589. The van der Waals surface area contributed by atoms with Crippen LogP contribution in [0.5, 0.6) is 5.75 Å². The highest BCUT2D eigenvalue weighted by molar-refractivity contribution is 5.87. The van der Waals surface area contributed by atoms with Gasteiger partial charge in [-0.15, -0.1) is 0 Å². The highest BCUT2D eigenvalue weighted by Crippen LogP contribution is 2.67. The second-order valence-corrected chi connectivity index (χ2v) is 9.76. The molecule has 8 nitrogen and oxygen atoms in total. The van der Waals surface area contributed by atoms with Gasteiger partial charge in [0.2, 0.25) is 5.60 Å². The zero-order chi connectivity index (χ0) is 23.8. The van der Waals surface area contributed by atoms with Gasteiger partial charge in [0.15, 0.2) is 6.10 Å². The number of benzene rings is 1. The van der Waals surface area contributed by atoms with Gasteiger partial charge in [-0.25, -0.2) is 4.79 Å². The number of carbonyl (C=O) groups excluding carboxylic acids is 2. The molecule has 1 saturated heterocycles. The van der Waals surface area contributed by atoms with Gasteiger partial charge < -0.3 is 24.2 Å². The predicted molar refractivity (Wildman–Crippen MR) is 121 cm³/mol. The highest BCUT2D eigenvalue weighted by atomic mass is 16.6. The molecule has 1 saturated carbocycles. The Morgan fingerprint density at radius 2 is 2.00 bits per heavy atom. The summed E-state index contributed by atoms with van der Waals surface area (Å²) in [4.78, 5) is 30.2. The van der Waals surface area contributed by atoms with Crippen LogP contribution in [0.1, 0.15) is 32.3 Å². The maximum Gasteiger partial charge on any atom is 0.344 e. The van der Waals surface area contributed by atoms with Crippen LogP contribution in [-0.2, 0) is 24.5 Å². The average Bonchev–Trinajstić information content (AvgIpc) is 3.32. The van der Waals surface area contributed by atoms with E-state index in [1.165, 1.54) is 14.0 Å². The Morgan fingerprint density at radius 1 is 1.24 bits per heavy atom. The molecule has 5 rings (SSSR count). The number of carbonyl (C=O) groups is 2. The summed E-state index contributed by atoms with van der Waals surface area (Å²) < 4.78 is 16.6. The zero-order valence-electron chi connectivity index (χ0n) is 19.8. The summed E-state index contributed by atoms with van der Waals surface area (Å²) in [7, 11) is 4.77. The lowest BCUT2D eigenvalue weighted by molar-refractivity contribution is -0.228. The molecule has 3 heterocycles. The van der Waals surface area contributed by atoms with Crippen LogP contribution in [0.15, 0.2) is 30.4 Å². The van der Waals surface area contributed by atoms with Crippen molar-refractivity contribution in [3.8, 4) is 5.75 Å². The third-order valence-corrected chi connectivity index (χ3v) is 8.62. The molecule has 6 atom stereocenters. The van der Waals surface area contributed by atoms with Gasteiger partial charge in [0.25, 0.3) is 0 Å². The van der Waals surface area contributed by atoms with Gasteiger partial charge in [-0.1, -0.05) is 25.1 Å². The van der Waals surface area contributed by atoms with Crippen LogP contribution < -0.4 is 9.64 Å². The van der Waals surface area contributed by atoms with Crippen LogP contribution in [0.4, 0.5) is 5.69 Å². The third kappa shape index (κ3) is 2.48. The van der Waals surface area contributed by atoms with E-state index in [-0.39, 0.29) is 6.04 Å². The van der Waals surface area contributed by atoms with Gasteiger partial charge in [0, 0.05) is 49.1 Å². The topological polar surface area (TPSA) is 88.5 Å². The predicted octanol–water partition coefficient (Wildman–Crippen LogP) is 1.64. The number of methoxy groups -OCH3 is 2. The number of aliphatic hydroxyl groups is 1. The molecule has 1 aromatic carbocycles. The molecule has 33 heavy (non-hydrogen) atoms. The summed E-state index contributed by atoms with van der Waals surface area (Å²) >= 11 is 0. The summed E-state index contributed by atoms with van der Waals surface area (Å²) in [6.45, 7) is 4.94. The molecule has 2 unspecified atom stereocenters. The van der Waals surface area contributed by atoms with Crippen LogP contribution in [-0.4, -0.2) is 80.1 Å². The normalized spacial score (nSPS) is 38.4. The van der Waals surface area contributed by atoms with Gasteiger partial charge in [-0.2, -0.15) is 0 Å². The summed E-state index contributed by atoms with van der Waals surface area (Å²) in [5, 5.41) is 12.5. The minimum atomic E-state index is -2.08. The fourth-order valence-electron chi connectivity index (χ4n) is 7.68. The quantitative estimate of drug-likeness (QED) is 0.541. The molecule has 1 N–H and O–H groups in total. The second-order valence-electron chi connectivity index (χ2n) is 9.76. The number of rotatable bonds is 4. The largest absolute Gasteiger partial charge is 0.497 e. The van der Waals surface area contributed by atoms with Gasteiger partial charge in [-0.3, -0.25) is 9.69 Å². The summed E-state index contributed by atoms with van der Waals surface area (Å²) in [6, 6.07) is 5.22. The van der Waals surface area contributed by atoms with Crippen LogP contribution in [0.3, 0.4) is 0 Å². The van der Waals surface area contributed by atoms with E-state index in [1.54, 1.807) is 7.11 Å². The molecule has 2 fully saturated rings. The lowest BCUT2D eigenvalue weighted by atomic mass is 9.47. The molecule has 0 aromatic heterocycles. The molecule has 8 heteroatoms. The van der Waals surface area contributed by atoms with E-state index >= 15 is 0 Å². The van der Waals surface area contributed by atoms with E-state index in [2.05, 4.69) is 23.1 Å². The fraction of sp³-hybridized carbons (Fsp3) is 0.600. The lowest BCUT2D eigenvalue weighted by Gasteiger charge is -2.63. The SMILES string of the molecule is CC[C@]12C=CCN3CCC4(c5ccc(OC)cc5N(C)[C@H]4[C@@](O)(C(=O)OC)[C@@H]1OC(C)=O)C32. The van der Waals surface area contributed by atoms with Crippen molar-refractivity contribution in [3.63, 3.8) is 0 Å². The van der Waals surface area contributed by atoms with Crippen molar-refractivity contribution in [3.05, 3.63) is 35.9 Å². The second kappa shape index (κ2) is 7.21. The maximum absolute atomic E-state index is 13.5. The third-order valence-electron chi connectivity index (χ3n) is 8.62.